The third kappa shape index (κ3) is 3.46. The van der Waals surface area contributed by atoms with Crippen LogP contribution in [0.4, 0.5) is 13.2 Å². The lowest BCUT2D eigenvalue weighted by Gasteiger charge is -2.23. The molecule has 3 rings (SSSR count). The van der Waals surface area contributed by atoms with Crippen molar-refractivity contribution in [3.05, 3.63) is 0 Å². The Hall–Kier alpha value is -0.330. The first-order valence-corrected chi connectivity index (χ1v) is 7.78. The van der Waals surface area contributed by atoms with E-state index in [1.807, 2.05) is 0 Å². The van der Waals surface area contributed by atoms with E-state index in [0.29, 0.717) is 31.1 Å². The fourth-order valence-electron chi connectivity index (χ4n) is 4.12. The van der Waals surface area contributed by atoms with Crippen LogP contribution in [-0.2, 0) is 0 Å². The number of halogens is 3. The molecule has 0 spiro atoms. The summed E-state index contributed by atoms with van der Waals surface area (Å²) in [6, 6.07) is 1.25. The summed E-state index contributed by atoms with van der Waals surface area (Å²) in [5.41, 5.74) is 0. The fourth-order valence-corrected chi connectivity index (χ4v) is 4.12. The lowest BCUT2D eigenvalue weighted by molar-refractivity contribution is -0.143. The van der Waals surface area contributed by atoms with E-state index in [0.717, 1.165) is 13.0 Å². The molecule has 20 heavy (non-hydrogen) atoms. The molecule has 3 aliphatic rings. The van der Waals surface area contributed by atoms with Crippen molar-refractivity contribution in [2.75, 3.05) is 39.3 Å². The number of hydrogen-bond acceptors (Lipinski definition) is 3. The molecule has 3 heterocycles. The van der Waals surface area contributed by atoms with Gasteiger partial charge in [-0.15, -0.1) is 0 Å². The zero-order chi connectivity index (χ0) is 14.2. The Labute approximate surface area is 118 Å². The van der Waals surface area contributed by atoms with Gasteiger partial charge in [0.25, 0.3) is 0 Å². The fraction of sp³-hybridized carbons (Fsp3) is 1.00. The van der Waals surface area contributed by atoms with Crippen molar-refractivity contribution in [1.29, 1.82) is 0 Å². The molecule has 3 fully saturated rings. The van der Waals surface area contributed by atoms with E-state index >= 15 is 0 Å². The smallest absolute Gasteiger partial charge is 0.312 e. The van der Waals surface area contributed by atoms with Crippen molar-refractivity contribution < 1.29 is 13.2 Å². The molecule has 116 valence electrons. The maximum atomic E-state index is 12.4. The first kappa shape index (κ1) is 14.6. The number of likely N-dealkylation sites (tertiary alicyclic amines) is 1. The van der Waals surface area contributed by atoms with Crippen LogP contribution >= 0.6 is 0 Å². The normalized spacial score (nSPS) is 35.9. The van der Waals surface area contributed by atoms with Crippen LogP contribution in [0.3, 0.4) is 0 Å². The Balaban J connectivity index is 1.39. The van der Waals surface area contributed by atoms with Gasteiger partial charge in [-0.25, -0.2) is 0 Å². The maximum absolute atomic E-state index is 12.4. The molecular formula is C14H24F3N3. The topological polar surface area (TPSA) is 18.5 Å². The minimum atomic E-state index is -4.06. The largest absolute Gasteiger partial charge is 0.401 e. The van der Waals surface area contributed by atoms with Crippen LogP contribution in [0.25, 0.3) is 0 Å². The van der Waals surface area contributed by atoms with Gasteiger partial charge in [0.05, 0.1) is 6.54 Å². The van der Waals surface area contributed by atoms with Gasteiger partial charge in [-0.3, -0.25) is 9.80 Å². The quantitative estimate of drug-likeness (QED) is 0.850. The first-order chi connectivity index (χ1) is 9.51. The third-order valence-corrected chi connectivity index (χ3v) is 5.05. The van der Waals surface area contributed by atoms with Crippen LogP contribution in [-0.4, -0.2) is 67.3 Å². The molecule has 0 aromatic heterocycles. The van der Waals surface area contributed by atoms with Crippen LogP contribution < -0.4 is 5.32 Å². The van der Waals surface area contributed by atoms with Crippen LogP contribution in [0, 0.1) is 5.92 Å². The molecule has 3 aliphatic heterocycles. The number of alkyl halides is 3. The van der Waals surface area contributed by atoms with E-state index in [9.17, 15) is 13.2 Å². The van der Waals surface area contributed by atoms with Crippen molar-refractivity contribution in [1.82, 2.24) is 15.1 Å². The molecule has 0 amide bonds. The highest BCUT2D eigenvalue weighted by atomic mass is 19.4. The second-order valence-corrected chi connectivity index (χ2v) is 6.55. The molecular weight excluding hydrogens is 267 g/mol. The Morgan fingerprint density at radius 2 is 1.90 bits per heavy atom. The highest BCUT2D eigenvalue weighted by Crippen LogP contribution is 2.28. The maximum Gasteiger partial charge on any atom is 0.401 e. The molecule has 6 heteroatoms. The minimum absolute atomic E-state index is 0.382. The molecule has 0 aliphatic carbocycles. The van der Waals surface area contributed by atoms with Crippen LogP contribution in [0.5, 0.6) is 0 Å². The Kier molecular flexibility index (Phi) is 4.24. The SMILES string of the molecule is FC(F)(F)CN1CCC(CNC2CCN3CCCC23)C1. The second-order valence-electron chi connectivity index (χ2n) is 6.55. The summed E-state index contributed by atoms with van der Waals surface area (Å²) in [5, 5.41) is 3.63. The van der Waals surface area contributed by atoms with Gasteiger partial charge < -0.3 is 5.32 Å². The predicted molar refractivity (Wildman–Crippen MR) is 71.6 cm³/mol. The Morgan fingerprint density at radius 1 is 1.05 bits per heavy atom. The zero-order valence-electron chi connectivity index (χ0n) is 11.8. The first-order valence-electron chi connectivity index (χ1n) is 7.78. The number of nitrogens with one attached hydrogen (secondary N) is 1. The van der Waals surface area contributed by atoms with E-state index in [4.69, 9.17) is 0 Å². The van der Waals surface area contributed by atoms with Crippen molar-refractivity contribution in [3.8, 4) is 0 Å². The molecule has 3 nitrogen and oxygen atoms in total. The summed E-state index contributed by atoms with van der Waals surface area (Å²) in [5.74, 6) is 0.382. The Morgan fingerprint density at radius 3 is 2.70 bits per heavy atom. The lowest BCUT2D eigenvalue weighted by atomic mass is 10.0. The molecule has 0 radical (unpaired) electrons. The minimum Gasteiger partial charge on any atom is -0.312 e. The monoisotopic (exact) mass is 291 g/mol. The van der Waals surface area contributed by atoms with Crippen molar-refractivity contribution in [3.63, 3.8) is 0 Å². The average molecular weight is 291 g/mol. The van der Waals surface area contributed by atoms with Gasteiger partial charge in [0.1, 0.15) is 0 Å². The number of rotatable bonds is 4. The summed E-state index contributed by atoms with van der Waals surface area (Å²) in [4.78, 5) is 4.10. The molecule has 0 aromatic carbocycles. The van der Waals surface area contributed by atoms with Crippen LogP contribution in [0.15, 0.2) is 0 Å². The predicted octanol–water partition coefficient (Wildman–Crippen LogP) is 1.70. The van der Waals surface area contributed by atoms with Crippen molar-refractivity contribution in [2.45, 2.75) is 43.9 Å². The van der Waals surface area contributed by atoms with Crippen LogP contribution in [0.1, 0.15) is 25.7 Å². The van der Waals surface area contributed by atoms with Crippen molar-refractivity contribution >= 4 is 0 Å². The van der Waals surface area contributed by atoms with E-state index in [-0.39, 0.29) is 0 Å². The van der Waals surface area contributed by atoms with Gasteiger partial charge in [-0.2, -0.15) is 13.2 Å². The highest BCUT2D eigenvalue weighted by molar-refractivity contribution is 4.96. The van der Waals surface area contributed by atoms with Gasteiger partial charge in [0, 0.05) is 25.2 Å². The van der Waals surface area contributed by atoms with E-state index in [1.165, 1.54) is 32.4 Å². The molecule has 0 saturated carbocycles. The van der Waals surface area contributed by atoms with Gasteiger partial charge in [-0.05, 0) is 51.2 Å². The third-order valence-electron chi connectivity index (χ3n) is 5.05. The Bertz CT molecular complexity index is 334. The van der Waals surface area contributed by atoms with Gasteiger partial charge in [-0.1, -0.05) is 0 Å². The van der Waals surface area contributed by atoms with Crippen molar-refractivity contribution in [2.24, 2.45) is 5.92 Å². The summed E-state index contributed by atoms with van der Waals surface area (Å²) in [6.07, 6.45) is 0.611. The van der Waals surface area contributed by atoms with E-state index in [1.54, 1.807) is 4.90 Å². The number of nitrogens with zero attached hydrogens (tertiary/aromatic N) is 2. The van der Waals surface area contributed by atoms with Gasteiger partial charge >= 0.3 is 6.18 Å². The highest BCUT2D eigenvalue weighted by Gasteiger charge is 2.38. The number of fused-ring (bicyclic) bond motifs is 1. The number of hydrogen-bond donors (Lipinski definition) is 1. The van der Waals surface area contributed by atoms with Crippen LogP contribution in [0.2, 0.25) is 0 Å². The molecule has 3 unspecified atom stereocenters. The lowest BCUT2D eigenvalue weighted by Crippen LogP contribution is -2.41. The zero-order valence-corrected chi connectivity index (χ0v) is 11.8. The van der Waals surface area contributed by atoms with Gasteiger partial charge in [0.15, 0.2) is 0 Å². The second kappa shape index (κ2) is 5.81. The standard InChI is InChI=1S/C14H24F3N3/c15-14(16,17)10-19-6-3-11(9-19)8-18-12-4-7-20-5-1-2-13(12)20/h11-13,18H,1-10H2. The molecule has 3 atom stereocenters. The molecule has 1 N–H and O–H groups in total. The van der Waals surface area contributed by atoms with Gasteiger partial charge in [0.2, 0.25) is 0 Å². The summed E-state index contributed by atoms with van der Waals surface area (Å²) >= 11 is 0. The molecule has 0 bridgehead atoms. The van der Waals surface area contributed by atoms with E-state index < -0.39 is 12.7 Å². The molecule has 3 saturated heterocycles. The average Bonchev–Trinajstić information content (AvgIpc) is 3.00. The molecule has 0 aromatic rings. The summed E-state index contributed by atoms with van der Waals surface area (Å²) in [6.45, 7) is 3.73. The summed E-state index contributed by atoms with van der Waals surface area (Å²) in [7, 11) is 0. The van der Waals surface area contributed by atoms with E-state index in [2.05, 4.69) is 10.2 Å². The summed E-state index contributed by atoms with van der Waals surface area (Å²) < 4.78 is 37.1.